The molecule has 1 N–H and O–H groups in total. The normalized spacial score (nSPS) is 18.8. The summed E-state index contributed by atoms with van der Waals surface area (Å²) in [5, 5.41) is 3.95. The summed E-state index contributed by atoms with van der Waals surface area (Å²) in [6, 6.07) is 13.1. The molecule has 4 rings (SSSR count). The molecule has 6 nitrogen and oxygen atoms in total. The van der Waals surface area contributed by atoms with Gasteiger partial charge >= 0.3 is 0 Å². The molecule has 0 saturated carbocycles. The van der Waals surface area contributed by atoms with Crippen LogP contribution in [0, 0.1) is 18.8 Å². The molecule has 164 valence electrons. The largest absolute Gasteiger partial charge is 0.496 e. The number of rotatable bonds is 7. The van der Waals surface area contributed by atoms with Crippen molar-refractivity contribution in [3.05, 3.63) is 58.6 Å². The highest BCUT2D eigenvalue weighted by Crippen LogP contribution is 2.25. The maximum absolute atomic E-state index is 13.2. The minimum Gasteiger partial charge on any atom is -0.496 e. The Morgan fingerprint density at radius 1 is 1.19 bits per heavy atom. The molecule has 6 heteroatoms. The van der Waals surface area contributed by atoms with E-state index in [0.29, 0.717) is 29.1 Å². The zero-order valence-electron chi connectivity index (χ0n) is 18.6. The van der Waals surface area contributed by atoms with Crippen molar-refractivity contribution in [1.29, 1.82) is 0 Å². The number of nitrogens with one attached hydrogen (secondary N) is 1. The van der Waals surface area contributed by atoms with E-state index in [2.05, 4.69) is 17.2 Å². The average molecular weight is 422 g/mol. The van der Waals surface area contributed by atoms with E-state index < -0.39 is 0 Å². The minimum atomic E-state index is -0.135. The maximum atomic E-state index is 13.2. The van der Waals surface area contributed by atoms with Crippen LogP contribution >= 0.6 is 0 Å². The molecule has 1 aliphatic rings. The molecule has 1 saturated heterocycles. The Morgan fingerprint density at radius 3 is 2.74 bits per heavy atom. The van der Waals surface area contributed by atoms with Crippen LogP contribution in [0.5, 0.6) is 11.5 Å². The first-order chi connectivity index (χ1) is 15.1. The third-order valence-corrected chi connectivity index (χ3v) is 6.29. The second-order valence-electron chi connectivity index (χ2n) is 8.37. The summed E-state index contributed by atoms with van der Waals surface area (Å²) in [6.07, 6.45) is 3.53. The Hall–Kier alpha value is -2.86. The van der Waals surface area contributed by atoms with E-state index in [0.717, 1.165) is 42.8 Å². The first kappa shape index (κ1) is 21.4. The molecular weight excluding hydrogens is 390 g/mol. The fraction of sp³-hybridized carbons (Fsp3) is 0.440. The second-order valence-corrected chi connectivity index (χ2v) is 8.37. The highest BCUT2D eigenvalue weighted by atomic mass is 16.5. The topological polar surface area (TPSA) is 65.4 Å². The number of fused-ring (bicyclic) bond motifs is 1. The molecule has 2 heterocycles. The molecule has 0 aliphatic carbocycles. The van der Waals surface area contributed by atoms with E-state index in [1.807, 2.05) is 43.3 Å². The van der Waals surface area contributed by atoms with Gasteiger partial charge < -0.3 is 14.8 Å². The van der Waals surface area contributed by atoms with Gasteiger partial charge in [0.25, 0.3) is 5.56 Å². The van der Waals surface area contributed by atoms with Gasteiger partial charge in [0.05, 0.1) is 24.9 Å². The lowest BCUT2D eigenvalue weighted by molar-refractivity contribution is 0.228. The standard InChI is InChI=1S/C25H31N3O3/c1-17-16-26-14-13-19(17)6-5-15-31-21-11-9-20(10-12-21)28-18(2)27-22-7-4-8-23(30-3)24(22)25(28)29/h4,7-12,17,19,26H,5-6,13-16H2,1-3H3/t17-,19?/m1/s1. The summed E-state index contributed by atoms with van der Waals surface area (Å²) >= 11 is 0. The Kier molecular flexibility index (Phi) is 6.56. The first-order valence-electron chi connectivity index (χ1n) is 11.1. The lowest BCUT2D eigenvalue weighted by Crippen LogP contribution is -2.35. The van der Waals surface area contributed by atoms with E-state index in [1.54, 1.807) is 17.7 Å². The zero-order chi connectivity index (χ0) is 21.8. The summed E-state index contributed by atoms with van der Waals surface area (Å²) in [5.74, 6) is 3.52. The molecule has 1 unspecified atom stereocenters. The van der Waals surface area contributed by atoms with Gasteiger partial charge in [-0.25, -0.2) is 4.98 Å². The molecule has 0 spiro atoms. The highest BCUT2D eigenvalue weighted by molar-refractivity contribution is 5.84. The van der Waals surface area contributed by atoms with E-state index in [-0.39, 0.29) is 5.56 Å². The van der Waals surface area contributed by atoms with Crippen molar-refractivity contribution in [2.24, 2.45) is 11.8 Å². The van der Waals surface area contributed by atoms with Crippen LogP contribution in [-0.4, -0.2) is 36.4 Å². The van der Waals surface area contributed by atoms with Crippen LogP contribution < -0.4 is 20.3 Å². The van der Waals surface area contributed by atoms with Crippen molar-refractivity contribution < 1.29 is 9.47 Å². The molecule has 31 heavy (non-hydrogen) atoms. The number of aromatic nitrogens is 2. The molecule has 1 aromatic heterocycles. The van der Waals surface area contributed by atoms with Crippen molar-refractivity contribution in [2.45, 2.75) is 33.1 Å². The highest BCUT2D eigenvalue weighted by Gasteiger charge is 2.20. The fourth-order valence-corrected chi connectivity index (χ4v) is 4.51. The Morgan fingerprint density at radius 2 is 2.00 bits per heavy atom. The molecule has 0 bridgehead atoms. The number of hydrogen-bond donors (Lipinski definition) is 1. The van der Waals surface area contributed by atoms with Crippen LogP contribution in [0.4, 0.5) is 0 Å². The Labute approximate surface area is 183 Å². The first-order valence-corrected chi connectivity index (χ1v) is 11.1. The van der Waals surface area contributed by atoms with Gasteiger partial charge in [0.2, 0.25) is 0 Å². The van der Waals surface area contributed by atoms with Crippen LogP contribution in [0.15, 0.2) is 47.3 Å². The smallest absolute Gasteiger partial charge is 0.269 e. The molecule has 3 aromatic rings. The lowest BCUT2D eigenvalue weighted by Gasteiger charge is -2.29. The van der Waals surface area contributed by atoms with Gasteiger partial charge in [-0.05, 0) is 87.5 Å². The van der Waals surface area contributed by atoms with Gasteiger partial charge in [0.1, 0.15) is 22.7 Å². The molecular formula is C25H31N3O3. The van der Waals surface area contributed by atoms with Crippen molar-refractivity contribution >= 4 is 10.9 Å². The summed E-state index contributed by atoms with van der Waals surface area (Å²) in [5.41, 5.74) is 1.27. The van der Waals surface area contributed by atoms with Crippen LogP contribution in [0.3, 0.4) is 0 Å². The molecule has 2 aromatic carbocycles. The van der Waals surface area contributed by atoms with E-state index in [9.17, 15) is 4.79 Å². The van der Waals surface area contributed by atoms with Crippen LogP contribution in [0.2, 0.25) is 0 Å². The van der Waals surface area contributed by atoms with Crippen molar-refractivity contribution in [3.8, 4) is 17.2 Å². The minimum absolute atomic E-state index is 0.135. The van der Waals surface area contributed by atoms with Crippen LogP contribution in [-0.2, 0) is 0 Å². The number of aryl methyl sites for hydroxylation is 1. The van der Waals surface area contributed by atoms with Gasteiger partial charge in [0, 0.05) is 0 Å². The zero-order valence-corrected chi connectivity index (χ0v) is 18.6. The van der Waals surface area contributed by atoms with Crippen molar-refractivity contribution in [3.63, 3.8) is 0 Å². The van der Waals surface area contributed by atoms with Gasteiger partial charge in [-0.3, -0.25) is 9.36 Å². The molecule has 0 amide bonds. The molecule has 1 aliphatic heterocycles. The van der Waals surface area contributed by atoms with Crippen LogP contribution in [0.1, 0.15) is 32.0 Å². The maximum Gasteiger partial charge on any atom is 0.269 e. The number of nitrogens with zero attached hydrogens (tertiary/aromatic N) is 2. The lowest BCUT2D eigenvalue weighted by atomic mass is 9.84. The van der Waals surface area contributed by atoms with E-state index in [1.165, 1.54) is 12.8 Å². The average Bonchev–Trinajstić information content (AvgIpc) is 2.78. The van der Waals surface area contributed by atoms with Crippen molar-refractivity contribution in [1.82, 2.24) is 14.9 Å². The number of ether oxygens (including phenoxy) is 2. The Balaban J connectivity index is 1.46. The monoisotopic (exact) mass is 421 g/mol. The number of benzene rings is 2. The van der Waals surface area contributed by atoms with Gasteiger partial charge in [-0.1, -0.05) is 13.0 Å². The van der Waals surface area contributed by atoms with Crippen LogP contribution in [0.25, 0.3) is 16.6 Å². The van der Waals surface area contributed by atoms with Crippen molar-refractivity contribution in [2.75, 3.05) is 26.8 Å². The predicted molar refractivity (Wildman–Crippen MR) is 123 cm³/mol. The summed E-state index contributed by atoms with van der Waals surface area (Å²) < 4.78 is 13.0. The third-order valence-electron chi connectivity index (χ3n) is 6.29. The SMILES string of the molecule is COc1cccc2nc(C)n(-c3ccc(OCCCC4CCNC[C@H]4C)cc3)c(=O)c12. The predicted octanol–water partition coefficient (Wildman–Crippen LogP) is 4.11. The number of methoxy groups -OCH3 is 1. The third kappa shape index (κ3) is 4.59. The molecule has 1 fully saturated rings. The second kappa shape index (κ2) is 9.52. The molecule has 2 atom stereocenters. The van der Waals surface area contributed by atoms with Gasteiger partial charge in [-0.2, -0.15) is 0 Å². The van der Waals surface area contributed by atoms with E-state index in [4.69, 9.17) is 9.47 Å². The van der Waals surface area contributed by atoms with E-state index >= 15 is 0 Å². The number of piperidine rings is 1. The quantitative estimate of drug-likeness (QED) is 0.582. The fourth-order valence-electron chi connectivity index (χ4n) is 4.51. The summed E-state index contributed by atoms with van der Waals surface area (Å²) in [4.78, 5) is 17.8. The summed E-state index contributed by atoms with van der Waals surface area (Å²) in [7, 11) is 1.57. The summed E-state index contributed by atoms with van der Waals surface area (Å²) in [6.45, 7) is 7.14. The number of hydrogen-bond acceptors (Lipinski definition) is 5. The van der Waals surface area contributed by atoms with Gasteiger partial charge in [-0.15, -0.1) is 0 Å². The Bertz CT molecular complexity index is 1090. The molecule has 0 radical (unpaired) electrons. The van der Waals surface area contributed by atoms with Gasteiger partial charge in [0.15, 0.2) is 0 Å².